The summed E-state index contributed by atoms with van der Waals surface area (Å²) >= 11 is 1.45. The van der Waals surface area contributed by atoms with Gasteiger partial charge in [-0.3, -0.25) is 9.59 Å². The maximum absolute atomic E-state index is 12.8. The van der Waals surface area contributed by atoms with Crippen molar-refractivity contribution in [2.75, 3.05) is 27.4 Å². The van der Waals surface area contributed by atoms with Crippen LogP contribution in [-0.2, 0) is 14.3 Å². The Balaban J connectivity index is 2.08. The van der Waals surface area contributed by atoms with Gasteiger partial charge >= 0.3 is 0 Å². The van der Waals surface area contributed by atoms with Crippen LogP contribution in [0.5, 0.6) is 5.75 Å². The quantitative estimate of drug-likeness (QED) is 0.332. The monoisotopic (exact) mass is 401 g/mol. The molecule has 0 unspecified atom stereocenters. The van der Waals surface area contributed by atoms with Crippen LogP contribution in [0.2, 0.25) is 0 Å². The van der Waals surface area contributed by atoms with E-state index in [1.165, 1.54) is 16.2 Å². The molecule has 0 saturated carbocycles. The van der Waals surface area contributed by atoms with Crippen molar-refractivity contribution < 1.29 is 24.2 Å². The molecule has 3 rings (SSSR count). The zero-order chi connectivity index (χ0) is 20.3. The van der Waals surface area contributed by atoms with Gasteiger partial charge in [-0.1, -0.05) is 6.07 Å². The Morgan fingerprint density at radius 2 is 2.04 bits per heavy atom. The molecule has 148 valence electrons. The molecule has 2 aromatic rings. The van der Waals surface area contributed by atoms with Gasteiger partial charge in [0, 0.05) is 30.7 Å². The number of aliphatic hydroxyl groups excluding tert-OH is 1. The average Bonchev–Trinajstić information content (AvgIpc) is 3.30. The Bertz CT molecular complexity index is 904. The lowest BCUT2D eigenvalue weighted by molar-refractivity contribution is -0.140. The number of amides is 1. The summed E-state index contributed by atoms with van der Waals surface area (Å²) in [5.74, 6) is -0.744. The number of likely N-dealkylation sites (tertiary alicyclic amines) is 1. The van der Waals surface area contributed by atoms with Crippen LogP contribution in [0.3, 0.4) is 0 Å². The minimum Gasteiger partial charge on any atom is -0.507 e. The Kier molecular flexibility index (Phi) is 6.16. The molecule has 0 aliphatic carbocycles. The molecule has 0 radical (unpaired) electrons. The van der Waals surface area contributed by atoms with E-state index in [1.54, 1.807) is 32.4 Å². The lowest BCUT2D eigenvalue weighted by atomic mass is 9.98. The van der Waals surface area contributed by atoms with Crippen LogP contribution in [0.4, 0.5) is 0 Å². The fourth-order valence-electron chi connectivity index (χ4n) is 3.41. The standard InChI is InChI=1S/C21H23NO5S/c1-13-12-14(7-8-15(13)27-3)19(23)17-18(16-6-4-11-28-16)22(9-5-10-26-2)21(25)20(17)24/h4,6-8,11-12,18,23H,5,9-10H2,1-3H3/b19-17+/t18-/m1/s1. The lowest BCUT2D eigenvalue weighted by Gasteiger charge is -2.24. The largest absolute Gasteiger partial charge is 0.507 e. The number of benzene rings is 1. The summed E-state index contributed by atoms with van der Waals surface area (Å²) in [7, 11) is 3.17. The smallest absolute Gasteiger partial charge is 0.295 e. The maximum atomic E-state index is 12.8. The Labute approximate surface area is 168 Å². The number of ether oxygens (including phenoxy) is 2. The van der Waals surface area contributed by atoms with E-state index in [0.717, 1.165) is 10.4 Å². The number of methoxy groups -OCH3 is 2. The van der Waals surface area contributed by atoms with Crippen LogP contribution in [0, 0.1) is 6.92 Å². The predicted molar refractivity (Wildman–Crippen MR) is 108 cm³/mol. The van der Waals surface area contributed by atoms with Gasteiger partial charge in [0.15, 0.2) is 0 Å². The van der Waals surface area contributed by atoms with Crippen LogP contribution in [-0.4, -0.2) is 49.1 Å². The number of hydrogen-bond acceptors (Lipinski definition) is 6. The van der Waals surface area contributed by atoms with E-state index in [9.17, 15) is 14.7 Å². The second-order valence-corrected chi connectivity index (χ2v) is 7.52. The summed E-state index contributed by atoms with van der Waals surface area (Å²) < 4.78 is 10.3. The number of aryl methyl sites for hydroxylation is 1. The van der Waals surface area contributed by atoms with Crippen LogP contribution in [0.1, 0.15) is 28.5 Å². The second-order valence-electron chi connectivity index (χ2n) is 6.54. The van der Waals surface area contributed by atoms with Gasteiger partial charge in [-0.15, -0.1) is 11.3 Å². The molecule has 1 fully saturated rings. The molecule has 1 atom stereocenters. The zero-order valence-corrected chi connectivity index (χ0v) is 16.9. The predicted octanol–water partition coefficient (Wildman–Crippen LogP) is 3.52. The Morgan fingerprint density at radius 1 is 1.25 bits per heavy atom. The summed E-state index contributed by atoms with van der Waals surface area (Å²) in [6, 6.07) is 8.31. The Hall–Kier alpha value is -2.64. The SMILES string of the molecule is COCCCN1C(=O)C(=O)/C(=C(/O)c2ccc(OC)c(C)c2)[C@H]1c1cccs1. The van der Waals surface area contributed by atoms with Gasteiger partial charge in [0.25, 0.3) is 11.7 Å². The van der Waals surface area contributed by atoms with Crippen molar-refractivity contribution >= 4 is 28.8 Å². The van der Waals surface area contributed by atoms with E-state index in [0.29, 0.717) is 30.9 Å². The van der Waals surface area contributed by atoms with Crippen molar-refractivity contribution in [1.82, 2.24) is 4.90 Å². The van der Waals surface area contributed by atoms with Crippen LogP contribution in [0.25, 0.3) is 5.76 Å². The molecule has 2 heterocycles. The van der Waals surface area contributed by atoms with E-state index in [1.807, 2.05) is 24.4 Å². The maximum Gasteiger partial charge on any atom is 0.295 e. The highest BCUT2D eigenvalue weighted by Gasteiger charge is 2.46. The fraction of sp³-hybridized carbons (Fsp3) is 0.333. The van der Waals surface area contributed by atoms with Gasteiger partial charge in [0.1, 0.15) is 11.5 Å². The zero-order valence-electron chi connectivity index (χ0n) is 16.1. The van der Waals surface area contributed by atoms with E-state index in [2.05, 4.69) is 0 Å². The van der Waals surface area contributed by atoms with Crippen molar-refractivity contribution in [2.45, 2.75) is 19.4 Å². The first-order valence-electron chi connectivity index (χ1n) is 8.95. The molecule has 1 amide bonds. The van der Waals surface area contributed by atoms with E-state index < -0.39 is 17.7 Å². The highest BCUT2D eigenvalue weighted by molar-refractivity contribution is 7.10. The van der Waals surface area contributed by atoms with E-state index >= 15 is 0 Å². The minimum atomic E-state index is -0.665. The molecule has 1 aliphatic heterocycles. The third-order valence-electron chi connectivity index (χ3n) is 4.77. The molecule has 1 N–H and O–H groups in total. The summed E-state index contributed by atoms with van der Waals surface area (Å²) in [5, 5.41) is 12.9. The lowest BCUT2D eigenvalue weighted by Crippen LogP contribution is -2.31. The topological polar surface area (TPSA) is 76.1 Å². The normalized spacial score (nSPS) is 18.7. The molecule has 0 bridgehead atoms. The first kappa shape index (κ1) is 20.1. The molecular weight excluding hydrogens is 378 g/mol. The average molecular weight is 401 g/mol. The van der Waals surface area contributed by atoms with Gasteiger partial charge < -0.3 is 19.5 Å². The summed E-state index contributed by atoms with van der Waals surface area (Å²) in [4.78, 5) is 27.9. The van der Waals surface area contributed by atoms with Gasteiger partial charge in [0.2, 0.25) is 0 Å². The number of thiophene rings is 1. The molecule has 1 aromatic heterocycles. The summed E-state index contributed by atoms with van der Waals surface area (Å²) in [6.45, 7) is 2.72. The first-order valence-corrected chi connectivity index (χ1v) is 9.83. The molecule has 6 nitrogen and oxygen atoms in total. The van der Waals surface area contributed by atoms with Gasteiger partial charge in [0.05, 0.1) is 18.7 Å². The van der Waals surface area contributed by atoms with Crippen LogP contribution in [0.15, 0.2) is 41.3 Å². The molecule has 28 heavy (non-hydrogen) atoms. The van der Waals surface area contributed by atoms with Crippen molar-refractivity contribution in [1.29, 1.82) is 0 Å². The molecular formula is C21H23NO5S. The van der Waals surface area contributed by atoms with E-state index in [-0.39, 0.29) is 11.3 Å². The third kappa shape index (κ3) is 3.68. The fourth-order valence-corrected chi connectivity index (χ4v) is 4.26. The summed E-state index contributed by atoms with van der Waals surface area (Å²) in [5.41, 5.74) is 1.43. The number of hydrogen-bond donors (Lipinski definition) is 1. The molecule has 1 aliphatic rings. The van der Waals surface area contributed by atoms with Crippen molar-refractivity contribution in [2.24, 2.45) is 0 Å². The number of Topliss-reactive ketones (excluding diaryl/α,β-unsaturated/α-hetero) is 1. The second kappa shape index (κ2) is 8.58. The number of aliphatic hydroxyl groups is 1. The molecule has 0 spiro atoms. The summed E-state index contributed by atoms with van der Waals surface area (Å²) in [6.07, 6.45) is 0.604. The third-order valence-corrected chi connectivity index (χ3v) is 5.69. The van der Waals surface area contributed by atoms with Gasteiger partial charge in [-0.25, -0.2) is 0 Å². The van der Waals surface area contributed by atoms with Crippen molar-refractivity contribution in [3.63, 3.8) is 0 Å². The van der Waals surface area contributed by atoms with Gasteiger partial charge in [-0.2, -0.15) is 0 Å². The van der Waals surface area contributed by atoms with Crippen molar-refractivity contribution in [3.05, 3.63) is 57.3 Å². The number of carbonyl (C=O) groups excluding carboxylic acids is 2. The minimum absolute atomic E-state index is 0.120. The van der Waals surface area contributed by atoms with Crippen LogP contribution >= 0.6 is 11.3 Å². The number of rotatable bonds is 7. The van der Waals surface area contributed by atoms with Crippen molar-refractivity contribution in [3.8, 4) is 5.75 Å². The Morgan fingerprint density at radius 3 is 2.64 bits per heavy atom. The van der Waals surface area contributed by atoms with Crippen LogP contribution < -0.4 is 4.74 Å². The number of carbonyl (C=O) groups is 2. The number of ketones is 1. The molecule has 1 aromatic carbocycles. The van der Waals surface area contributed by atoms with Gasteiger partial charge in [-0.05, 0) is 48.6 Å². The molecule has 7 heteroatoms. The molecule has 1 saturated heterocycles. The highest BCUT2D eigenvalue weighted by Crippen LogP contribution is 2.41. The number of nitrogens with zero attached hydrogens (tertiary/aromatic N) is 1. The van der Waals surface area contributed by atoms with E-state index in [4.69, 9.17) is 9.47 Å². The highest BCUT2D eigenvalue weighted by atomic mass is 32.1. The first-order chi connectivity index (χ1) is 13.5.